The number of pyridine rings is 1. The van der Waals surface area contributed by atoms with Gasteiger partial charge in [-0.05, 0) is 30.7 Å². The summed E-state index contributed by atoms with van der Waals surface area (Å²) in [6.45, 7) is 1.65. The van der Waals surface area contributed by atoms with E-state index >= 15 is 0 Å². The van der Waals surface area contributed by atoms with Crippen LogP contribution in [0.1, 0.15) is 18.6 Å². The molecule has 4 heteroatoms. The van der Waals surface area contributed by atoms with E-state index in [1.807, 2.05) is 0 Å². The van der Waals surface area contributed by atoms with Crippen molar-refractivity contribution in [1.82, 2.24) is 4.98 Å². The smallest absolute Gasteiger partial charge is 0.219 e. The Kier molecular flexibility index (Phi) is 3.35. The number of aliphatic hydroxyl groups excluding tert-OH is 1. The zero-order valence-corrected chi connectivity index (χ0v) is 9.30. The highest BCUT2D eigenvalue weighted by Gasteiger charge is 2.05. The van der Waals surface area contributed by atoms with Gasteiger partial charge in [0.15, 0.2) is 11.6 Å². The first-order chi connectivity index (χ1) is 8.16. The normalized spacial score (nSPS) is 12.2. The summed E-state index contributed by atoms with van der Waals surface area (Å²) in [5.41, 5.74) is 0.686. The summed E-state index contributed by atoms with van der Waals surface area (Å²) in [6.07, 6.45) is 0.922. The van der Waals surface area contributed by atoms with Gasteiger partial charge in [0.25, 0.3) is 0 Å². The molecule has 1 atom stereocenters. The van der Waals surface area contributed by atoms with E-state index in [0.29, 0.717) is 11.4 Å². The van der Waals surface area contributed by atoms with E-state index in [4.69, 9.17) is 4.74 Å². The average Bonchev–Trinajstić information content (AvgIpc) is 2.33. The Morgan fingerprint density at radius 2 is 2.00 bits per heavy atom. The Labute approximate surface area is 98.5 Å². The van der Waals surface area contributed by atoms with Crippen LogP contribution in [-0.2, 0) is 0 Å². The summed E-state index contributed by atoms with van der Waals surface area (Å²) in [6, 6.07) is 9.40. The van der Waals surface area contributed by atoms with Gasteiger partial charge in [0, 0.05) is 12.3 Å². The molecule has 88 valence electrons. The molecule has 2 rings (SSSR count). The predicted molar refractivity (Wildman–Crippen MR) is 61.3 cm³/mol. The molecule has 17 heavy (non-hydrogen) atoms. The molecule has 1 heterocycles. The number of aromatic nitrogens is 1. The molecule has 0 unspecified atom stereocenters. The van der Waals surface area contributed by atoms with Crippen molar-refractivity contribution in [1.29, 1.82) is 0 Å². The van der Waals surface area contributed by atoms with Crippen molar-refractivity contribution in [2.24, 2.45) is 0 Å². The molecule has 0 bridgehead atoms. The second kappa shape index (κ2) is 4.93. The zero-order chi connectivity index (χ0) is 12.3. The van der Waals surface area contributed by atoms with Crippen molar-refractivity contribution in [3.05, 3.63) is 54.0 Å². The SMILES string of the molecule is C[C@H](O)c1ccc(Oc2ccccc2F)nc1. The summed E-state index contributed by atoms with van der Waals surface area (Å²) in [7, 11) is 0. The molecule has 0 aliphatic carbocycles. The maximum absolute atomic E-state index is 13.3. The molecule has 0 saturated carbocycles. The number of hydrogen-bond donors (Lipinski definition) is 1. The first-order valence-electron chi connectivity index (χ1n) is 5.23. The van der Waals surface area contributed by atoms with E-state index < -0.39 is 11.9 Å². The molecule has 0 amide bonds. The number of rotatable bonds is 3. The summed E-state index contributed by atoms with van der Waals surface area (Å²) in [4.78, 5) is 3.99. The van der Waals surface area contributed by atoms with Crippen molar-refractivity contribution in [2.75, 3.05) is 0 Å². The summed E-state index contributed by atoms with van der Waals surface area (Å²) >= 11 is 0. The lowest BCUT2D eigenvalue weighted by molar-refractivity contribution is 0.198. The molecule has 0 saturated heterocycles. The van der Waals surface area contributed by atoms with Crippen LogP contribution in [0.4, 0.5) is 4.39 Å². The van der Waals surface area contributed by atoms with Crippen molar-refractivity contribution in [3.8, 4) is 11.6 Å². The zero-order valence-electron chi connectivity index (χ0n) is 9.30. The summed E-state index contributed by atoms with van der Waals surface area (Å²) in [5.74, 6) is -0.0156. The van der Waals surface area contributed by atoms with E-state index in [-0.39, 0.29) is 5.75 Å². The molecule has 0 radical (unpaired) electrons. The van der Waals surface area contributed by atoms with Crippen LogP contribution < -0.4 is 4.74 Å². The number of ether oxygens (including phenoxy) is 1. The molecule has 3 nitrogen and oxygen atoms in total. The predicted octanol–water partition coefficient (Wildman–Crippen LogP) is 3.07. The Morgan fingerprint density at radius 3 is 2.59 bits per heavy atom. The molecule has 1 aromatic carbocycles. The third-order valence-corrected chi connectivity index (χ3v) is 2.29. The molecule has 0 aliphatic heterocycles. The maximum Gasteiger partial charge on any atom is 0.219 e. The van der Waals surface area contributed by atoms with Crippen molar-refractivity contribution < 1.29 is 14.2 Å². The maximum atomic E-state index is 13.3. The van der Waals surface area contributed by atoms with E-state index in [9.17, 15) is 9.50 Å². The third-order valence-electron chi connectivity index (χ3n) is 2.29. The van der Waals surface area contributed by atoms with Crippen LogP contribution >= 0.6 is 0 Å². The quantitative estimate of drug-likeness (QED) is 0.885. The van der Waals surface area contributed by atoms with Gasteiger partial charge in [-0.2, -0.15) is 0 Å². The number of hydrogen-bond acceptors (Lipinski definition) is 3. The van der Waals surface area contributed by atoms with Crippen molar-refractivity contribution in [2.45, 2.75) is 13.0 Å². The molecule has 0 fully saturated rings. The number of benzene rings is 1. The first kappa shape index (κ1) is 11.5. The van der Waals surface area contributed by atoms with Gasteiger partial charge in [0.05, 0.1) is 6.10 Å². The second-order valence-corrected chi connectivity index (χ2v) is 3.64. The Hall–Kier alpha value is -1.94. The summed E-state index contributed by atoms with van der Waals surface area (Å²) in [5, 5.41) is 9.31. The van der Waals surface area contributed by atoms with Gasteiger partial charge in [-0.25, -0.2) is 9.37 Å². The highest BCUT2D eigenvalue weighted by molar-refractivity contribution is 5.29. The van der Waals surface area contributed by atoms with Crippen LogP contribution in [0.25, 0.3) is 0 Å². The topological polar surface area (TPSA) is 42.4 Å². The third kappa shape index (κ3) is 2.79. The highest BCUT2D eigenvalue weighted by Crippen LogP contribution is 2.23. The second-order valence-electron chi connectivity index (χ2n) is 3.64. The van der Waals surface area contributed by atoms with Gasteiger partial charge in [-0.15, -0.1) is 0 Å². The van der Waals surface area contributed by atoms with Crippen LogP contribution in [0.5, 0.6) is 11.6 Å². The molecule has 1 N–H and O–H groups in total. The lowest BCUT2D eigenvalue weighted by Crippen LogP contribution is -1.94. The molecule has 0 aliphatic rings. The molecule has 1 aromatic heterocycles. The van der Waals surface area contributed by atoms with E-state index in [0.717, 1.165) is 0 Å². The molecular weight excluding hydrogens is 221 g/mol. The lowest BCUT2D eigenvalue weighted by Gasteiger charge is -2.07. The van der Waals surface area contributed by atoms with Crippen molar-refractivity contribution >= 4 is 0 Å². The fraction of sp³-hybridized carbons (Fsp3) is 0.154. The average molecular weight is 233 g/mol. The number of aliphatic hydroxyl groups is 1. The minimum Gasteiger partial charge on any atom is -0.436 e. The van der Waals surface area contributed by atoms with Gasteiger partial charge in [0.2, 0.25) is 5.88 Å². The largest absolute Gasteiger partial charge is 0.436 e. The van der Waals surface area contributed by atoms with E-state index in [2.05, 4.69) is 4.98 Å². The standard InChI is InChI=1S/C13H12FNO2/c1-9(16)10-6-7-13(15-8-10)17-12-5-3-2-4-11(12)14/h2-9,16H,1H3/t9-/m0/s1. The van der Waals surface area contributed by atoms with Gasteiger partial charge < -0.3 is 9.84 Å². The fourth-order valence-electron chi connectivity index (χ4n) is 1.34. The van der Waals surface area contributed by atoms with Crippen LogP contribution in [0.2, 0.25) is 0 Å². The van der Waals surface area contributed by atoms with Gasteiger partial charge >= 0.3 is 0 Å². The van der Waals surface area contributed by atoms with Crippen LogP contribution in [-0.4, -0.2) is 10.1 Å². The minimum atomic E-state index is -0.579. The minimum absolute atomic E-state index is 0.129. The number of para-hydroxylation sites is 1. The molecular formula is C13H12FNO2. The van der Waals surface area contributed by atoms with Gasteiger partial charge in [-0.1, -0.05) is 12.1 Å². The molecule has 0 spiro atoms. The van der Waals surface area contributed by atoms with Crippen molar-refractivity contribution in [3.63, 3.8) is 0 Å². The lowest BCUT2D eigenvalue weighted by atomic mass is 10.2. The van der Waals surface area contributed by atoms with E-state index in [1.165, 1.54) is 18.3 Å². The van der Waals surface area contributed by atoms with E-state index in [1.54, 1.807) is 31.2 Å². The van der Waals surface area contributed by atoms with Crippen LogP contribution in [0, 0.1) is 5.82 Å². The number of halogens is 1. The van der Waals surface area contributed by atoms with Gasteiger partial charge in [0.1, 0.15) is 0 Å². The first-order valence-corrected chi connectivity index (χ1v) is 5.23. The molecule has 2 aromatic rings. The van der Waals surface area contributed by atoms with Gasteiger partial charge in [-0.3, -0.25) is 0 Å². The van der Waals surface area contributed by atoms with Crippen LogP contribution in [0.3, 0.4) is 0 Å². The monoisotopic (exact) mass is 233 g/mol. The Balaban J connectivity index is 2.17. The highest BCUT2D eigenvalue weighted by atomic mass is 19.1. The number of nitrogens with zero attached hydrogens (tertiary/aromatic N) is 1. The Bertz CT molecular complexity index is 497. The summed E-state index contributed by atoms with van der Waals surface area (Å²) < 4.78 is 18.6. The Morgan fingerprint density at radius 1 is 1.24 bits per heavy atom. The fourth-order valence-corrected chi connectivity index (χ4v) is 1.34. The van der Waals surface area contributed by atoms with Crippen LogP contribution in [0.15, 0.2) is 42.6 Å².